The zero-order valence-electron chi connectivity index (χ0n) is 10.8. The van der Waals surface area contributed by atoms with Gasteiger partial charge in [0.15, 0.2) is 5.75 Å². The van der Waals surface area contributed by atoms with E-state index in [1.54, 1.807) is 37.4 Å². The van der Waals surface area contributed by atoms with E-state index in [4.69, 9.17) is 20.5 Å². The second-order valence-electron chi connectivity index (χ2n) is 4.10. The number of benzene rings is 2. The van der Waals surface area contributed by atoms with Crippen molar-refractivity contribution in [2.24, 2.45) is 0 Å². The molecule has 0 aliphatic rings. The summed E-state index contributed by atoms with van der Waals surface area (Å²) in [5.74, 6) is 1.79. The van der Waals surface area contributed by atoms with Crippen LogP contribution < -0.4 is 15.2 Å². The number of nitrogens with zero attached hydrogens (tertiary/aromatic N) is 1. The van der Waals surface area contributed by atoms with E-state index >= 15 is 0 Å². The number of nitriles is 1. The van der Waals surface area contributed by atoms with Crippen LogP contribution in [0.1, 0.15) is 11.1 Å². The summed E-state index contributed by atoms with van der Waals surface area (Å²) in [6.07, 6.45) is 0. The van der Waals surface area contributed by atoms with Crippen LogP contribution >= 0.6 is 0 Å². The van der Waals surface area contributed by atoms with Gasteiger partial charge in [0, 0.05) is 6.07 Å². The average molecular weight is 254 g/mol. The molecular formula is C15H14N2O2. The van der Waals surface area contributed by atoms with Crippen LogP contribution in [-0.4, -0.2) is 7.11 Å². The molecule has 2 aromatic carbocycles. The third-order valence-corrected chi connectivity index (χ3v) is 2.76. The molecular weight excluding hydrogens is 240 g/mol. The van der Waals surface area contributed by atoms with Gasteiger partial charge in [-0.25, -0.2) is 0 Å². The van der Waals surface area contributed by atoms with E-state index in [0.717, 1.165) is 5.56 Å². The zero-order chi connectivity index (χ0) is 13.8. The molecule has 0 fully saturated rings. The number of hydrogen-bond donors (Lipinski definition) is 1. The van der Waals surface area contributed by atoms with E-state index in [1.165, 1.54) is 0 Å². The molecule has 0 aliphatic carbocycles. The Hall–Kier alpha value is -2.67. The summed E-state index contributed by atoms with van der Waals surface area (Å²) in [7, 11) is 1.58. The lowest BCUT2D eigenvalue weighted by Gasteiger charge is -2.12. The van der Waals surface area contributed by atoms with E-state index in [-0.39, 0.29) is 0 Å². The summed E-state index contributed by atoms with van der Waals surface area (Å²) in [5.41, 5.74) is 7.86. The van der Waals surface area contributed by atoms with Crippen molar-refractivity contribution in [2.75, 3.05) is 12.8 Å². The molecule has 0 atom stereocenters. The normalized spacial score (nSPS) is 9.74. The van der Waals surface area contributed by atoms with E-state index in [2.05, 4.69) is 6.07 Å². The molecule has 0 unspecified atom stereocenters. The van der Waals surface area contributed by atoms with Gasteiger partial charge in [-0.05, 0) is 36.8 Å². The number of nitrogens with two attached hydrogens (primary N) is 1. The second kappa shape index (κ2) is 5.32. The first-order chi connectivity index (χ1) is 9.13. The van der Waals surface area contributed by atoms with E-state index in [0.29, 0.717) is 28.5 Å². The van der Waals surface area contributed by atoms with Crippen molar-refractivity contribution in [3.05, 3.63) is 47.5 Å². The highest BCUT2D eigenvalue weighted by Gasteiger charge is 2.07. The monoisotopic (exact) mass is 254 g/mol. The van der Waals surface area contributed by atoms with Crippen molar-refractivity contribution in [3.8, 4) is 23.3 Å². The van der Waals surface area contributed by atoms with Crippen LogP contribution in [0, 0.1) is 18.3 Å². The molecule has 0 aliphatic heterocycles. The highest BCUT2D eigenvalue weighted by Crippen LogP contribution is 2.33. The van der Waals surface area contributed by atoms with E-state index in [9.17, 15) is 0 Å². The van der Waals surface area contributed by atoms with Crippen LogP contribution in [0.5, 0.6) is 17.2 Å². The van der Waals surface area contributed by atoms with Crippen molar-refractivity contribution in [2.45, 2.75) is 6.92 Å². The molecule has 0 aromatic heterocycles. The van der Waals surface area contributed by atoms with E-state index < -0.39 is 0 Å². The van der Waals surface area contributed by atoms with Gasteiger partial charge in [-0.3, -0.25) is 0 Å². The van der Waals surface area contributed by atoms with Gasteiger partial charge in [-0.15, -0.1) is 0 Å². The molecule has 19 heavy (non-hydrogen) atoms. The van der Waals surface area contributed by atoms with Crippen LogP contribution in [0.25, 0.3) is 0 Å². The molecule has 2 aromatic rings. The minimum absolute atomic E-state index is 0.512. The van der Waals surface area contributed by atoms with Crippen LogP contribution in [0.2, 0.25) is 0 Å². The molecule has 0 saturated carbocycles. The molecule has 0 heterocycles. The Balaban J connectivity index is 2.38. The van der Waals surface area contributed by atoms with Gasteiger partial charge in [0.05, 0.1) is 24.4 Å². The van der Waals surface area contributed by atoms with Gasteiger partial charge in [0.2, 0.25) is 0 Å². The first kappa shape index (κ1) is 12.8. The Morgan fingerprint density at radius 2 is 1.89 bits per heavy atom. The third kappa shape index (κ3) is 2.78. The Morgan fingerprint density at radius 1 is 1.11 bits per heavy atom. The number of methoxy groups -OCH3 is 1. The van der Waals surface area contributed by atoms with Gasteiger partial charge in [-0.1, -0.05) is 6.07 Å². The lowest BCUT2D eigenvalue weighted by Crippen LogP contribution is -1.95. The molecule has 2 rings (SSSR count). The fourth-order valence-corrected chi connectivity index (χ4v) is 1.63. The Morgan fingerprint density at radius 3 is 2.58 bits per heavy atom. The number of aryl methyl sites for hydroxylation is 1. The largest absolute Gasteiger partial charge is 0.497 e. The van der Waals surface area contributed by atoms with Gasteiger partial charge in [0.25, 0.3) is 0 Å². The molecule has 0 spiro atoms. The topological polar surface area (TPSA) is 68.3 Å². The number of rotatable bonds is 3. The highest BCUT2D eigenvalue weighted by atomic mass is 16.5. The molecule has 0 radical (unpaired) electrons. The Labute approximate surface area is 112 Å². The van der Waals surface area contributed by atoms with Crippen LogP contribution in [0.3, 0.4) is 0 Å². The van der Waals surface area contributed by atoms with Gasteiger partial charge < -0.3 is 15.2 Å². The number of hydrogen-bond acceptors (Lipinski definition) is 4. The maximum absolute atomic E-state index is 8.91. The van der Waals surface area contributed by atoms with Crippen molar-refractivity contribution in [1.82, 2.24) is 0 Å². The smallest absolute Gasteiger partial charge is 0.154 e. The van der Waals surface area contributed by atoms with E-state index in [1.807, 2.05) is 13.0 Å². The summed E-state index contributed by atoms with van der Waals surface area (Å²) in [6.45, 7) is 1.91. The molecule has 4 nitrogen and oxygen atoms in total. The summed E-state index contributed by atoms with van der Waals surface area (Å²) in [5, 5.41) is 8.91. The molecule has 0 saturated heterocycles. The fourth-order valence-electron chi connectivity index (χ4n) is 1.63. The molecule has 4 heteroatoms. The lowest BCUT2D eigenvalue weighted by atomic mass is 10.1. The molecule has 96 valence electrons. The SMILES string of the molecule is COc1ccc(N)c(Oc2cc(C#N)ccc2C)c1. The van der Waals surface area contributed by atoms with Gasteiger partial charge >= 0.3 is 0 Å². The summed E-state index contributed by atoms with van der Waals surface area (Å²) < 4.78 is 10.9. The number of anilines is 1. The quantitative estimate of drug-likeness (QED) is 0.854. The maximum atomic E-state index is 8.91. The Bertz CT molecular complexity index is 645. The molecule has 0 amide bonds. The van der Waals surface area contributed by atoms with Crippen molar-refractivity contribution in [3.63, 3.8) is 0 Å². The van der Waals surface area contributed by atoms with Crippen molar-refractivity contribution in [1.29, 1.82) is 5.26 Å². The van der Waals surface area contributed by atoms with Gasteiger partial charge in [-0.2, -0.15) is 5.26 Å². The molecule has 2 N–H and O–H groups in total. The standard InChI is InChI=1S/C15H14N2O2/c1-10-3-4-11(9-16)7-14(10)19-15-8-12(18-2)5-6-13(15)17/h3-8H,17H2,1-2H3. The zero-order valence-corrected chi connectivity index (χ0v) is 10.8. The van der Waals surface area contributed by atoms with Crippen LogP contribution in [0.4, 0.5) is 5.69 Å². The van der Waals surface area contributed by atoms with Crippen LogP contribution in [0.15, 0.2) is 36.4 Å². The second-order valence-corrected chi connectivity index (χ2v) is 4.10. The number of nitrogen functional groups attached to an aromatic ring is 1. The van der Waals surface area contributed by atoms with Crippen molar-refractivity contribution >= 4 is 5.69 Å². The Kier molecular flexibility index (Phi) is 3.58. The van der Waals surface area contributed by atoms with Crippen molar-refractivity contribution < 1.29 is 9.47 Å². The fraction of sp³-hybridized carbons (Fsp3) is 0.133. The maximum Gasteiger partial charge on any atom is 0.154 e. The highest BCUT2D eigenvalue weighted by molar-refractivity contribution is 5.57. The first-order valence-electron chi connectivity index (χ1n) is 5.76. The lowest BCUT2D eigenvalue weighted by molar-refractivity contribution is 0.409. The summed E-state index contributed by atoms with van der Waals surface area (Å²) in [4.78, 5) is 0. The summed E-state index contributed by atoms with van der Waals surface area (Å²) >= 11 is 0. The number of ether oxygens (including phenoxy) is 2. The minimum Gasteiger partial charge on any atom is -0.497 e. The summed E-state index contributed by atoms with van der Waals surface area (Å²) in [6, 6.07) is 12.6. The predicted molar refractivity (Wildman–Crippen MR) is 73.4 cm³/mol. The average Bonchev–Trinajstić information content (AvgIpc) is 2.43. The van der Waals surface area contributed by atoms with Crippen LogP contribution in [-0.2, 0) is 0 Å². The minimum atomic E-state index is 0.512. The van der Waals surface area contributed by atoms with Gasteiger partial charge in [0.1, 0.15) is 11.5 Å². The molecule has 0 bridgehead atoms. The third-order valence-electron chi connectivity index (χ3n) is 2.76. The first-order valence-corrected chi connectivity index (χ1v) is 5.76. The predicted octanol–water partition coefficient (Wildman–Crippen LogP) is 3.25.